The summed E-state index contributed by atoms with van der Waals surface area (Å²) in [4.78, 5) is 46.5. The Morgan fingerprint density at radius 3 is 2.15 bits per heavy atom. The number of carboxylic acid groups (broad SMARTS) is 4. The highest BCUT2D eigenvalue weighted by molar-refractivity contribution is 5.71. The van der Waals surface area contributed by atoms with E-state index in [-0.39, 0.29) is 55.3 Å². The molecule has 1 aromatic rings. The van der Waals surface area contributed by atoms with Gasteiger partial charge in [-0.15, -0.1) is 0 Å². The van der Waals surface area contributed by atoms with Crippen molar-refractivity contribution in [3.8, 4) is 0 Å². The second-order valence-electron chi connectivity index (χ2n) is 10.7. The quantitative estimate of drug-likeness (QED) is 0.448. The number of aliphatic carboxylic acids is 4. The van der Waals surface area contributed by atoms with Crippen LogP contribution in [0.4, 0.5) is 0 Å². The molecular formula is C26H32O8. The summed E-state index contributed by atoms with van der Waals surface area (Å²) in [7, 11) is 0. The van der Waals surface area contributed by atoms with Crippen LogP contribution in [-0.2, 0) is 32.0 Å². The SMILES string of the molecule is C[C@]12CC[C@@H]3c4ccc(CC(=O)O)cc4CC[C@H]3[C@@H]1C(CC(=O)O)C(CC(=O)O)[C@@H]2CC(=O)O. The summed E-state index contributed by atoms with van der Waals surface area (Å²) >= 11 is 0. The van der Waals surface area contributed by atoms with Gasteiger partial charge in [-0.25, -0.2) is 0 Å². The summed E-state index contributed by atoms with van der Waals surface area (Å²) in [5.41, 5.74) is 2.65. The van der Waals surface area contributed by atoms with E-state index < -0.39 is 35.2 Å². The lowest BCUT2D eigenvalue weighted by Gasteiger charge is -2.52. The van der Waals surface area contributed by atoms with Crippen molar-refractivity contribution in [2.75, 3.05) is 0 Å². The highest BCUT2D eigenvalue weighted by Gasteiger charge is 2.63. The second kappa shape index (κ2) is 9.04. The average Bonchev–Trinajstić information content (AvgIpc) is 2.94. The minimum absolute atomic E-state index is 0.0313. The van der Waals surface area contributed by atoms with Gasteiger partial charge in [-0.1, -0.05) is 25.1 Å². The first-order chi connectivity index (χ1) is 16.0. The van der Waals surface area contributed by atoms with Crippen molar-refractivity contribution in [1.29, 1.82) is 0 Å². The molecule has 0 spiro atoms. The molecule has 4 N–H and O–H groups in total. The Labute approximate surface area is 198 Å². The zero-order valence-electron chi connectivity index (χ0n) is 19.3. The molecule has 4 rings (SSSR count). The molecule has 3 aliphatic carbocycles. The number of rotatable bonds is 8. The van der Waals surface area contributed by atoms with E-state index in [0.717, 1.165) is 36.8 Å². The fourth-order valence-electron chi connectivity index (χ4n) is 8.04. The van der Waals surface area contributed by atoms with Crippen molar-refractivity contribution in [2.45, 2.75) is 64.2 Å². The maximum atomic E-state index is 11.9. The zero-order valence-corrected chi connectivity index (χ0v) is 19.3. The highest BCUT2D eigenvalue weighted by atomic mass is 16.4. The lowest BCUT2D eigenvalue weighted by atomic mass is 9.52. The molecule has 2 fully saturated rings. The monoisotopic (exact) mass is 472 g/mol. The fourth-order valence-corrected chi connectivity index (χ4v) is 8.04. The first-order valence-corrected chi connectivity index (χ1v) is 12.0. The van der Waals surface area contributed by atoms with Gasteiger partial charge in [0.2, 0.25) is 0 Å². The third-order valence-corrected chi connectivity index (χ3v) is 9.03. The summed E-state index contributed by atoms with van der Waals surface area (Å²) in [6.45, 7) is 2.06. The Hall–Kier alpha value is -2.90. The molecule has 0 bridgehead atoms. The first kappa shape index (κ1) is 24.2. The normalized spacial score (nSPS) is 33.9. The molecule has 1 aromatic carbocycles. The summed E-state index contributed by atoms with van der Waals surface area (Å²) < 4.78 is 0. The number of fused-ring (bicyclic) bond motifs is 5. The van der Waals surface area contributed by atoms with Crippen molar-refractivity contribution >= 4 is 23.9 Å². The van der Waals surface area contributed by atoms with Gasteiger partial charge in [-0.05, 0) is 83.3 Å². The maximum absolute atomic E-state index is 11.9. The predicted octanol–water partition coefficient (Wildman–Crippen LogP) is 3.66. The summed E-state index contributed by atoms with van der Waals surface area (Å²) in [5.74, 6) is -4.83. The lowest BCUT2D eigenvalue weighted by Crippen LogP contribution is -2.44. The van der Waals surface area contributed by atoms with E-state index in [4.69, 9.17) is 5.11 Å². The van der Waals surface area contributed by atoms with E-state index in [1.165, 1.54) is 5.56 Å². The molecule has 8 heteroatoms. The summed E-state index contributed by atoms with van der Waals surface area (Å²) in [6, 6.07) is 5.84. The Morgan fingerprint density at radius 2 is 1.53 bits per heavy atom. The van der Waals surface area contributed by atoms with Crippen molar-refractivity contribution in [3.05, 3.63) is 34.9 Å². The number of aryl methyl sites for hydroxylation is 1. The van der Waals surface area contributed by atoms with Crippen molar-refractivity contribution in [3.63, 3.8) is 0 Å². The van der Waals surface area contributed by atoms with E-state index in [0.29, 0.717) is 0 Å². The minimum atomic E-state index is -1.02. The standard InChI is InChI=1S/C26H32O8/c1-26-7-6-16-15-4-2-13(9-21(27)28)8-14(15)3-5-17(16)25(26)19(11-23(31)32)18(10-22(29)30)20(26)12-24(33)34/h2,4,8,16-20,25H,3,5-7,9-12H2,1H3,(H,27,28)(H,29,30)(H,31,32)(H,33,34)/t16-,17-,18?,19?,20+,25-,26-/m1/s1. The van der Waals surface area contributed by atoms with Gasteiger partial charge in [0.25, 0.3) is 0 Å². The van der Waals surface area contributed by atoms with Crippen LogP contribution in [0.1, 0.15) is 68.1 Å². The van der Waals surface area contributed by atoms with Crippen LogP contribution in [-0.4, -0.2) is 44.3 Å². The number of hydrogen-bond acceptors (Lipinski definition) is 4. The third kappa shape index (κ3) is 4.30. The Kier molecular flexibility index (Phi) is 6.44. The largest absolute Gasteiger partial charge is 0.481 e. The van der Waals surface area contributed by atoms with Gasteiger partial charge in [0.15, 0.2) is 0 Å². The van der Waals surface area contributed by atoms with Crippen LogP contribution < -0.4 is 0 Å². The van der Waals surface area contributed by atoms with Gasteiger partial charge < -0.3 is 20.4 Å². The molecule has 184 valence electrons. The van der Waals surface area contributed by atoms with Crippen LogP contribution in [0, 0.1) is 35.0 Å². The topological polar surface area (TPSA) is 149 Å². The predicted molar refractivity (Wildman–Crippen MR) is 120 cm³/mol. The Morgan fingerprint density at radius 1 is 0.882 bits per heavy atom. The minimum Gasteiger partial charge on any atom is -0.481 e. The van der Waals surface area contributed by atoms with Gasteiger partial charge in [0.1, 0.15) is 0 Å². The summed E-state index contributed by atoms with van der Waals surface area (Å²) in [6.07, 6.45) is 2.58. The lowest BCUT2D eigenvalue weighted by molar-refractivity contribution is -0.143. The first-order valence-electron chi connectivity index (χ1n) is 12.0. The highest BCUT2D eigenvalue weighted by Crippen LogP contribution is 2.68. The molecule has 2 unspecified atom stereocenters. The maximum Gasteiger partial charge on any atom is 0.307 e. The van der Waals surface area contributed by atoms with Crippen LogP contribution in [0.3, 0.4) is 0 Å². The average molecular weight is 473 g/mol. The van der Waals surface area contributed by atoms with E-state index in [2.05, 4.69) is 6.92 Å². The molecule has 3 aliphatic rings. The van der Waals surface area contributed by atoms with Crippen LogP contribution in [0.15, 0.2) is 18.2 Å². The van der Waals surface area contributed by atoms with Gasteiger partial charge >= 0.3 is 23.9 Å². The Balaban J connectivity index is 1.74. The van der Waals surface area contributed by atoms with Crippen molar-refractivity contribution in [1.82, 2.24) is 0 Å². The van der Waals surface area contributed by atoms with E-state index in [1.807, 2.05) is 18.2 Å². The fraction of sp³-hybridized carbons (Fsp3) is 0.615. The molecule has 0 heterocycles. The number of carbonyl (C=O) groups is 4. The van der Waals surface area contributed by atoms with E-state index >= 15 is 0 Å². The molecule has 0 radical (unpaired) electrons. The molecule has 0 amide bonds. The summed E-state index contributed by atoms with van der Waals surface area (Å²) in [5, 5.41) is 38.1. The molecule has 7 atom stereocenters. The number of hydrogen-bond donors (Lipinski definition) is 4. The van der Waals surface area contributed by atoms with Crippen molar-refractivity contribution in [2.24, 2.45) is 35.0 Å². The van der Waals surface area contributed by atoms with Crippen LogP contribution in [0.5, 0.6) is 0 Å². The smallest absolute Gasteiger partial charge is 0.307 e. The number of carboxylic acids is 4. The van der Waals surface area contributed by atoms with Crippen LogP contribution in [0.25, 0.3) is 0 Å². The third-order valence-electron chi connectivity index (χ3n) is 9.03. The molecular weight excluding hydrogens is 440 g/mol. The van der Waals surface area contributed by atoms with Gasteiger partial charge in [-0.2, -0.15) is 0 Å². The van der Waals surface area contributed by atoms with Crippen molar-refractivity contribution < 1.29 is 39.6 Å². The van der Waals surface area contributed by atoms with Crippen LogP contribution in [0.2, 0.25) is 0 Å². The second-order valence-corrected chi connectivity index (χ2v) is 10.7. The molecule has 0 aliphatic heterocycles. The number of benzene rings is 1. The molecule has 2 saturated carbocycles. The molecule has 8 nitrogen and oxygen atoms in total. The van der Waals surface area contributed by atoms with E-state index in [9.17, 15) is 34.5 Å². The molecule has 34 heavy (non-hydrogen) atoms. The Bertz CT molecular complexity index is 1020. The van der Waals surface area contributed by atoms with Gasteiger partial charge in [0, 0.05) is 19.3 Å². The molecule has 0 aromatic heterocycles. The van der Waals surface area contributed by atoms with Gasteiger partial charge in [0.05, 0.1) is 6.42 Å². The van der Waals surface area contributed by atoms with Crippen LogP contribution >= 0.6 is 0 Å². The molecule has 0 saturated heterocycles. The van der Waals surface area contributed by atoms with E-state index in [1.54, 1.807) is 0 Å². The van der Waals surface area contributed by atoms with Gasteiger partial charge in [-0.3, -0.25) is 19.2 Å². The zero-order chi connectivity index (χ0) is 24.8.